The van der Waals surface area contributed by atoms with Crippen molar-refractivity contribution in [3.8, 4) is 0 Å². The van der Waals surface area contributed by atoms with Crippen molar-refractivity contribution in [1.82, 2.24) is 0 Å². The number of aryl methyl sites for hydroxylation is 3. The van der Waals surface area contributed by atoms with Gasteiger partial charge in [0.1, 0.15) is 0 Å². The first-order chi connectivity index (χ1) is 8.08. The third-order valence-electron chi connectivity index (χ3n) is 2.60. The van der Waals surface area contributed by atoms with E-state index < -0.39 is 0 Å². The van der Waals surface area contributed by atoms with Gasteiger partial charge < -0.3 is 0 Å². The summed E-state index contributed by atoms with van der Waals surface area (Å²) < 4.78 is 4.26. The first kappa shape index (κ1) is 13.1. The minimum Gasteiger partial charge on any atom is -0.0608 e. The molecule has 0 aromatic heterocycles. The van der Waals surface area contributed by atoms with Gasteiger partial charge in [0.2, 0.25) is 3.57 Å². The number of rotatable bonds is 2. The van der Waals surface area contributed by atoms with Crippen molar-refractivity contribution in [3.05, 3.63) is 64.7 Å². The summed E-state index contributed by atoms with van der Waals surface area (Å²) in [5.74, 6) is 0. The first-order valence-electron chi connectivity index (χ1n) is 5.55. The van der Waals surface area contributed by atoms with Crippen LogP contribution in [0.25, 0.3) is 0 Å². The van der Waals surface area contributed by atoms with Gasteiger partial charge in [-0.3, -0.25) is 0 Å². The lowest BCUT2D eigenvalue weighted by molar-refractivity contribution is -0.599. The molecule has 0 bridgehead atoms. The maximum atomic E-state index is 3.64. The van der Waals surface area contributed by atoms with Gasteiger partial charge in [0.25, 0.3) is 0 Å². The van der Waals surface area contributed by atoms with Crippen molar-refractivity contribution in [3.63, 3.8) is 0 Å². The van der Waals surface area contributed by atoms with Crippen LogP contribution >= 0.6 is 15.9 Å². The second kappa shape index (κ2) is 5.53. The van der Waals surface area contributed by atoms with Gasteiger partial charge in [-0.2, -0.15) is 0 Å². The molecule has 0 aliphatic carbocycles. The molecule has 0 fully saturated rings. The zero-order chi connectivity index (χ0) is 12.4. The Morgan fingerprint density at radius 1 is 0.941 bits per heavy atom. The van der Waals surface area contributed by atoms with Crippen molar-refractivity contribution >= 4 is 15.9 Å². The van der Waals surface area contributed by atoms with E-state index in [-0.39, 0.29) is 21.2 Å². The van der Waals surface area contributed by atoms with Crippen molar-refractivity contribution < 1.29 is 21.2 Å². The highest BCUT2D eigenvalue weighted by molar-refractivity contribution is 9.10. The van der Waals surface area contributed by atoms with Crippen molar-refractivity contribution in [1.29, 1.82) is 0 Å². The van der Waals surface area contributed by atoms with Crippen LogP contribution in [0.3, 0.4) is 0 Å². The number of benzene rings is 2. The van der Waals surface area contributed by atoms with Crippen LogP contribution < -0.4 is 21.2 Å². The van der Waals surface area contributed by atoms with Crippen LogP contribution in [0.15, 0.2) is 40.9 Å². The lowest BCUT2D eigenvalue weighted by Crippen LogP contribution is -3.62. The lowest BCUT2D eigenvalue weighted by atomic mass is 10.1. The second-order valence-electron chi connectivity index (χ2n) is 4.22. The molecule has 0 unspecified atom stereocenters. The Labute approximate surface area is 122 Å². The fourth-order valence-corrected chi connectivity index (χ4v) is 5.28. The maximum absolute atomic E-state index is 3.64. The van der Waals surface area contributed by atoms with E-state index in [9.17, 15) is 0 Å². The molecule has 88 valence electrons. The molecule has 0 amide bonds. The average Bonchev–Trinajstić information content (AvgIpc) is 2.25. The van der Waals surface area contributed by atoms with Gasteiger partial charge in [-0.05, 0) is 48.8 Å². The van der Waals surface area contributed by atoms with Crippen LogP contribution in [0.5, 0.6) is 0 Å². The van der Waals surface area contributed by atoms with Crippen LogP contribution in [0, 0.1) is 27.9 Å². The number of hydrogen-bond donors (Lipinski definition) is 0. The fourth-order valence-electron chi connectivity index (χ4n) is 1.93. The summed E-state index contributed by atoms with van der Waals surface area (Å²) in [4.78, 5) is 0. The van der Waals surface area contributed by atoms with Crippen LogP contribution in [0.4, 0.5) is 0 Å². The van der Waals surface area contributed by atoms with E-state index in [1.807, 2.05) is 0 Å². The van der Waals surface area contributed by atoms with E-state index in [0.717, 1.165) is 0 Å². The van der Waals surface area contributed by atoms with Crippen molar-refractivity contribution in [2.75, 3.05) is 0 Å². The monoisotopic (exact) mass is 401 g/mol. The summed E-state index contributed by atoms with van der Waals surface area (Å²) in [6, 6.07) is 13.1. The second-order valence-corrected chi connectivity index (χ2v) is 7.86. The molecule has 0 spiro atoms. The standard InChI is InChI=1S/C15H15BrI/c1-10-8-11(2)15(12(3)9-10)17-14-7-5-4-6-13(14)16/h4-9H,1-3H3/q+1. The number of hydrogen-bond acceptors (Lipinski definition) is 0. The summed E-state index contributed by atoms with van der Waals surface area (Å²) in [6.07, 6.45) is 0. The van der Waals surface area contributed by atoms with E-state index in [1.165, 1.54) is 24.7 Å². The molecule has 0 saturated heterocycles. The molecule has 0 atom stereocenters. The predicted molar refractivity (Wildman–Crippen MR) is 72.2 cm³/mol. The first-order valence-corrected chi connectivity index (χ1v) is 8.50. The molecule has 2 aromatic carbocycles. The van der Waals surface area contributed by atoms with Gasteiger partial charge in [-0.1, -0.05) is 29.8 Å². The third-order valence-corrected chi connectivity index (χ3v) is 7.80. The van der Waals surface area contributed by atoms with E-state index in [0.29, 0.717) is 0 Å². The summed E-state index contributed by atoms with van der Waals surface area (Å²) in [6.45, 7) is 6.62. The zero-order valence-corrected chi connectivity index (χ0v) is 14.0. The van der Waals surface area contributed by atoms with Crippen LogP contribution in [0.2, 0.25) is 0 Å². The van der Waals surface area contributed by atoms with Gasteiger partial charge in [0.15, 0.2) is 3.57 Å². The van der Waals surface area contributed by atoms with E-state index in [4.69, 9.17) is 0 Å². The molecule has 2 aromatic rings. The van der Waals surface area contributed by atoms with Crippen LogP contribution in [-0.4, -0.2) is 0 Å². The lowest BCUT2D eigenvalue weighted by Gasteiger charge is -2.01. The molecule has 17 heavy (non-hydrogen) atoms. The summed E-state index contributed by atoms with van der Waals surface area (Å²) in [7, 11) is 0. The highest BCUT2D eigenvalue weighted by Crippen LogP contribution is 2.09. The third kappa shape index (κ3) is 3.10. The molecular formula is C15H15BrI+. The largest absolute Gasteiger partial charge is 0.359 e. The molecule has 0 nitrogen and oxygen atoms in total. The zero-order valence-electron chi connectivity index (χ0n) is 10.2. The van der Waals surface area contributed by atoms with Crippen LogP contribution in [0.1, 0.15) is 16.7 Å². The Balaban J connectivity index is 2.40. The highest BCUT2D eigenvalue weighted by atomic mass is 127. The Morgan fingerprint density at radius 2 is 1.53 bits per heavy atom. The molecule has 2 heteroatoms. The minimum atomic E-state index is -0.0961. The Bertz CT molecular complexity index is 523. The highest BCUT2D eigenvalue weighted by Gasteiger charge is 2.23. The molecule has 2 rings (SSSR count). The van der Waals surface area contributed by atoms with E-state index in [1.54, 1.807) is 3.57 Å². The normalized spacial score (nSPS) is 10.6. The van der Waals surface area contributed by atoms with Gasteiger partial charge >= 0.3 is 21.2 Å². The summed E-state index contributed by atoms with van der Waals surface area (Å²) >= 11 is 3.55. The smallest absolute Gasteiger partial charge is 0.0608 e. The minimum absolute atomic E-state index is 0.0961. The van der Waals surface area contributed by atoms with Gasteiger partial charge in [-0.15, -0.1) is 0 Å². The van der Waals surface area contributed by atoms with E-state index in [2.05, 4.69) is 73.1 Å². The van der Waals surface area contributed by atoms with Crippen molar-refractivity contribution in [2.45, 2.75) is 20.8 Å². The Morgan fingerprint density at radius 3 is 2.12 bits per heavy atom. The topological polar surface area (TPSA) is 0 Å². The molecule has 0 aliphatic heterocycles. The Hall–Kier alpha value is -0.350. The average molecular weight is 402 g/mol. The number of halogens is 2. The Kier molecular flexibility index (Phi) is 4.26. The van der Waals surface area contributed by atoms with E-state index >= 15 is 0 Å². The predicted octanol–water partition coefficient (Wildman–Crippen LogP) is 1.50. The maximum Gasteiger partial charge on any atom is 0.359 e. The molecule has 0 saturated carbocycles. The molecule has 0 radical (unpaired) electrons. The molecule has 0 aliphatic rings. The van der Waals surface area contributed by atoms with Gasteiger partial charge in [-0.25, -0.2) is 0 Å². The fraction of sp³-hybridized carbons (Fsp3) is 0.200. The summed E-state index contributed by atoms with van der Waals surface area (Å²) in [5, 5.41) is 0. The molecule has 0 N–H and O–H groups in total. The summed E-state index contributed by atoms with van der Waals surface area (Å²) in [5.41, 5.74) is 4.23. The quantitative estimate of drug-likeness (QED) is 0.669. The van der Waals surface area contributed by atoms with Gasteiger partial charge in [0.05, 0.1) is 4.47 Å². The van der Waals surface area contributed by atoms with Crippen LogP contribution in [-0.2, 0) is 0 Å². The SMILES string of the molecule is Cc1cc(C)c([I+]c2ccccc2Br)c(C)c1. The van der Waals surface area contributed by atoms with Gasteiger partial charge in [0, 0.05) is 11.1 Å². The van der Waals surface area contributed by atoms with Crippen molar-refractivity contribution in [2.24, 2.45) is 0 Å². The molecule has 0 heterocycles. The molecular weight excluding hydrogens is 387 g/mol.